The Labute approximate surface area is 342 Å². The number of methoxy groups -OCH3 is 2. The predicted octanol–water partition coefficient (Wildman–Crippen LogP) is 6.99. The highest BCUT2D eigenvalue weighted by Gasteiger charge is 2.70. The summed E-state index contributed by atoms with van der Waals surface area (Å²) in [6, 6.07) is 12.0. The first-order chi connectivity index (χ1) is 27.1. The number of rotatable bonds is 19. The third kappa shape index (κ3) is 10.7. The van der Waals surface area contributed by atoms with Gasteiger partial charge in [-0.25, -0.2) is 8.42 Å². The number of hydrogen-bond acceptors (Lipinski definition) is 13. The van der Waals surface area contributed by atoms with Gasteiger partial charge in [0.2, 0.25) is 0 Å². The molecule has 4 rings (SSSR count). The molecule has 16 heteroatoms. The van der Waals surface area contributed by atoms with Gasteiger partial charge in [-0.1, -0.05) is 23.5 Å². The van der Waals surface area contributed by atoms with Gasteiger partial charge in [0.05, 0.1) is 34.4 Å². The Morgan fingerprint density at radius 3 is 2.03 bits per heavy atom. The zero-order chi connectivity index (χ0) is 43.1. The number of nitro benzene ring substituents is 1. The zero-order valence-electron chi connectivity index (χ0n) is 35.4. The summed E-state index contributed by atoms with van der Waals surface area (Å²) in [7, 11) is -1.42. The van der Waals surface area contributed by atoms with Crippen molar-refractivity contribution in [2.45, 2.75) is 123 Å². The Hall–Kier alpha value is -3.67. The second kappa shape index (κ2) is 19.1. The van der Waals surface area contributed by atoms with Crippen molar-refractivity contribution >= 4 is 27.6 Å². The average molecular weight is 835 g/mol. The number of hydrogen-bond donors (Lipinski definition) is 1. The number of aliphatic hydroxyl groups is 1. The van der Waals surface area contributed by atoms with Crippen molar-refractivity contribution in [2.24, 2.45) is 28.1 Å². The molecule has 2 aliphatic carbocycles. The molecule has 6 atom stereocenters. The number of non-ortho nitro benzene ring substituents is 1. The highest BCUT2D eigenvalue weighted by atomic mass is 32.2. The summed E-state index contributed by atoms with van der Waals surface area (Å²) in [6.45, 7) is 12.6. The van der Waals surface area contributed by atoms with Crippen molar-refractivity contribution in [3.63, 3.8) is 0 Å². The Morgan fingerprint density at radius 1 is 0.879 bits per heavy atom. The fraction of sp³-hybridized carbons (Fsp3) is 0.667. The lowest BCUT2D eigenvalue weighted by Crippen LogP contribution is -2.62. The largest absolute Gasteiger partial charge is 0.497 e. The van der Waals surface area contributed by atoms with Crippen LogP contribution in [-0.2, 0) is 50.0 Å². The minimum Gasteiger partial charge on any atom is -0.497 e. The van der Waals surface area contributed by atoms with Crippen LogP contribution in [0.15, 0.2) is 53.4 Å². The van der Waals surface area contributed by atoms with E-state index in [0.29, 0.717) is 32.3 Å². The van der Waals surface area contributed by atoms with E-state index in [1.54, 1.807) is 48.7 Å². The van der Waals surface area contributed by atoms with E-state index in [1.807, 2.05) is 24.3 Å². The van der Waals surface area contributed by atoms with Crippen LogP contribution >= 0.6 is 0 Å². The number of nitro groups is 1. The monoisotopic (exact) mass is 834 g/mol. The van der Waals surface area contributed by atoms with E-state index < -0.39 is 67.7 Å². The maximum atomic E-state index is 13.9. The molecule has 0 radical (unpaired) electrons. The molecular weight excluding hydrogens is 773 g/mol. The maximum Gasteiger partial charge on any atom is 0.311 e. The van der Waals surface area contributed by atoms with Gasteiger partial charge < -0.3 is 28.8 Å². The van der Waals surface area contributed by atoms with Crippen LogP contribution in [0.4, 0.5) is 5.69 Å². The van der Waals surface area contributed by atoms with Gasteiger partial charge >= 0.3 is 11.9 Å². The normalized spacial score (nSPS) is 24.9. The molecule has 0 aliphatic heterocycles. The van der Waals surface area contributed by atoms with E-state index in [4.69, 9.17) is 28.5 Å². The molecule has 2 aromatic rings. The second-order valence-corrected chi connectivity index (χ2v) is 19.5. The van der Waals surface area contributed by atoms with Gasteiger partial charge in [0.15, 0.2) is 6.79 Å². The minimum absolute atomic E-state index is 0.0918. The SMILES string of the molecule is COCON(CCCC12C(CC(C)CC1OC(=O)C(C)(C)C)C[C@@H](OC(=O)C(C)(C)C)[C@@]2(O)CCCOCc1ccc(OC)cc1)S(=O)(=O)c1ccc([N+](=O)[O-])cc1. The summed E-state index contributed by atoms with van der Waals surface area (Å²) < 4.78 is 57.6. The van der Waals surface area contributed by atoms with E-state index in [9.17, 15) is 33.2 Å². The summed E-state index contributed by atoms with van der Waals surface area (Å²) >= 11 is 0. The number of sulfonamides is 1. The molecule has 324 valence electrons. The van der Waals surface area contributed by atoms with E-state index in [0.717, 1.165) is 40.0 Å². The first-order valence-corrected chi connectivity index (χ1v) is 21.3. The number of carbonyl (C=O) groups excluding carboxylic acids is 2. The molecule has 2 saturated carbocycles. The summed E-state index contributed by atoms with van der Waals surface area (Å²) in [6.07, 6.45) is 0.419. The number of carbonyl (C=O) groups is 2. The van der Waals surface area contributed by atoms with Crippen LogP contribution in [0.3, 0.4) is 0 Å². The van der Waals surface area contributed by atoms with E-state index >= 15 is 0 Å². The third-order valence-corrected chi connectivity index (χ3v) is 13.0. The van der Waals surface area contributed by atoms with Gasteiger partial charge in [-0.15, -0.1) is 0 Å². The van der Waals surface area contributed by atoms with Crippen molar-refractivity contribution in [2.75, 3.05) is 34.2 Å². The standard InChI is InChI=1S/C42H62N2O13S/c1-29-24-31-26-36(57-38(46)40(5,6)7)42(47,21-11-23-54-27-30-12-16-33(53-9)17-13-30)41(31,35(25-29)56-37(45)39(2,3)4)20-10-22-43(55-28-52-8)58(50,51)34-18-14-32(15-19-34)44(48)49/h12-19,29,31,35-36,47H,10-11,20-28H2,1-9H3/t29?,31?,35?,36-,41?,42+/m1/s1. The quantitative estimate of drug-likeness (QED) is 0.0502. The lowest BCUT2D eigenvalue weighted by molar-refractivity contribution is -0.384. The van der Waals surface area contributed by atoms with Gasteiger partial charge in [-0.05, 0) is 128 Å². The first kappa shape index (κ1) is 47.0. The Bertz CT molecular complexity index is 1810. The fourth-order valence-electron chi connectivity index (χ4n) is 8.29. The Morgan fingerprint density at radius 2 is 1.48 bits per heavy atom. The van der Waals surface area contributed by atoms with Crippen LogP contribution < -0.4 is 4.74 Å². The molecule has 0 spiro atoms. The molecule has 58 heavy (non-hydrogen) atoms. The van der Waals surface area contributed by atoms with Crippen molar-refractivity contribution < 1.29 is 56.6 Å². The molecule has 0 amide bonds. The van der Waals surface area contributed by atoms with Gasteiger partial charge in [-0.2, -0.15) is 0 Å². The molecule has 0 aromatic heterocycles. The highest BCUT2D eigenvalue weighted by molar-refractivity contribution is 7.89. The van der Waals surface area contributed by atoms with Gasteiger partial charge in [0.25, 0.3) is 15.7 Å². The smallest absolute Gasteiger partial charge is 0.311 e. The molecule has 2 fully saturated rings. The van der Waals surface area contributed by atoms with Crippen molar-refractivity contribution in [1.82, 2.24) is 4.47 Å². The van der Waals surface area contributed by atoms with Crippen molar-refractivity contribution in [1.29, 1.82) is 0 Å². The van der Waals surface area contributed by atoms with E-state index in [-0.39, 0.29) is 54.8 Å². The summed E-state index contributed by atoms with van der Waals surface area (Å²) in [5, 5.41) is 24.7. The topological polar surface area (TPSA) is 190 Å². The average Bonchev–Trinajstić information content (AvgIpc) is 3.38. The lowest BCUT2D eigenvalue weighted by atomic mass is 9.55. The summed E-state index contributed by atoms with van der Waals surface area (Å²) in [4.78, 5) is 43.3. The molecule has 15 nitrogen and oxygen atoms in total. The van der Waals surface area contributed by atoms with Crippen LogP contribution in [0.1, 0.15) is 99.0 Å². The Balaban J connectivity index is 1.73. The molecule has 2 aromatic carbocycles. The van der Waals surface area contributed by atoms with Gasteiger partial charge in [0, 0.05) is 37.8 Å². The fourth-order valence-corrected chi connectivity index (χ4v) is 9.55. The van der Waals surface area contributed by atoms with Gasteiger partial charge in [0.1, 0.15) is 23.6 Å². The van der Waals surface area contributed by atoms with Crippen molar-refractivity contribution in [3.05, 3.63) is 64.2 Å². The molecule has 0 bridgehead atoms. The third-order valence-electron chi connectivity index (χ3n) is 11.3. The van der Waals surface area contributed by atoms with Crippen LogP contribution in [0.25, 0.3) is 0 Å². The maximum absolute atomic E-state index is 13.9. The highest BCUT2D eigenvalue weighted by Crippen LogP contribution is 2.64. The summed E-state index contributed by atoms with van der Waals surface area (Å²) in [5.74, 6) is -0.393. The van der Waals surface area contributed by atoms with Crippen LogP contribution in [0.2, 0.25) is 0 Å². The molecule has 1 N–H and O–H groups in total. The molecule has 2 aliphatic rings. The first-order valence-electron chi connectivity index (χ1n) is 19.8. The second-order valence-electron chi connectivity index (χ2n) is 17.7. The number of benzene rings is 2. The van der Waals surface area contributed by atoms with Crippen LogP contribution in [0, 0.1) is 38.2 Å². The van der Waals surface area contributed by atoms with Crippen LogP contribution in [0.5, 0.6) is 5.75 Å². The number of ether oxygens (including phenoxy) is 5. The lowest BCUT2D eigenvalue weighted by Gasteiger charge is -2.54. The van der Waals surface area contributed by atoms with Crippen molar-refractivity contribution in [3.8, 4) is 5.75 Å². The number of nitrogens with zero attached hydrogens (tertiary/aromatic N) is 2. The molecule has 0 heterocycles. The number of esters is 2. The van der Waals surface area contributed by atoms with Crippen LogP contribution in [-0.4, -0.2) is 86.8 Å². The molecular formula is C42H62N2O13S. The number of hydroxylamine groups is 1. The van der Waals surface area contributed by atoms with Gasteiger partial charge in [-0.3, -0.25) is 24.5 Å². The number of fused-ring (bicyclic) bond motifs is 1. The van der Waals surface area contributed by atoms with E-state index in [1.165, 1.54) is 7.11 Å². The minimum atomic E-state index is -4.36. The molecule has 4 unspecified atom stereocenters. The molecule has 0 saturated heterocycles. The predicted molar refractivity (Wildman–Crippen MR) is 214 cm³/mol. The van der Waals surface area contributed by atoms with E-state index in [2.05, 4.69) is 6.92 Å². The summed E-state index contributed by atoms with van der Waals surface area (Å²) in [5.41, 5.74) is -3.98. The zero-order valence-corrected chi connectivity index (χ0v) is 36.2. The Kier molecular flexibility index (Phi) is 15.5.